The van der Waals surface area contributed by atoms with Gasteiger partial charge in [0.15, 0.2) is 6.61 Å². The minimum absolute atomic E-state index is 0.0897. The number of esters is 1. The first-order valence-electron chi connectivity index (χ1n) is 8.40. The fourth-order valence-electron chi connectivity index (χ4n) is 2.23. The van der Waals surface area contributed by atoms with Gasteiger partial charge in [-0.15, -0.1) is 0 Å². The summed E-state index contributed by atoms with van der Waals surface area (Å²) < 4.78 is 10.5. The van der Waals surface area contributed by atoms with Crippen molar-refractivity contribution in [1.29, 1.82) is 0 Å². The van der Waals surface area contributed by atoms with Gasteiger partial charge in [0.2, 0.25) is 0 Å². The Kier molecular flexibility index (Phi) is 7.96. The van der Waals surface area contributed by atoms with E-state index in [0.29, 0.717) is 18.0 Å². The van der Waals surface area contributed by atoms with Gasteiger partial charge in [0.25, 0.3) is 5.91 Å². The van der Waals surface area contributed by atoms with Gasteiger partial charge in [0.05, 0.1) is 13.0 Å². The highest BCUT2D eigenvalue weighted by Crippen LogP contribution is 2.16. The Hall–Kier alpha value is -2.53. The molecule has 2 aromatic carbocycles. The molecule has 0 aliphatic rings. The molecule has 138 valence electrons. The van der Waals surface area contributed by atoms with Crippen LogP contribution in [0.15, 0.2) is 48.5 Å². The van der Waals surface area contributed by atoms with Gasteiger partial charge in [-0.3, -0.25) is 9.59 Å². The predicted molar refractivity (Wildman–Crippen MR) is 100 cm³/mol. The van der Waals surface area contributed by atoms with Crippen molar-refractivity contribution in [2.24, 2.45) is 0 Å². The molecule has 0 aliphatic heterocycles. The SMILES string of the molecule is Cc1ccccc1OCCC(=O)OCC(=O)NCCc1ccc(Cl)cc1. The van der Waals surface area contributed by atoms with E-state index in [-0.39, 0.29) is 25.5 Å². The lowest BCUT2D eigenvalue weighted by Crippen LogP contribution is -2.30. The molecule has 0 aromatic heterocycles. The van der Waals surface area contributed by atoms with E-state index >= 15 is 0 Å². The van der Waals surface area contributed by atoms with Gasteiger partial charge in [0, 0.05) is 11.6 Å². The molecule has 0 bridgehead atoms. The summed E-state index contributed by atoms with van der Waals surface area (Å²) in [6.45, 7) is 2.32. The lowest BCUT2D eigenvalue weighted by molar-refractivity contribution is -0.149. The summed E-state index contributed by atoms with van der Waals surface area (Å²) >= 11 is 5.82. The summed E-state index contributed by atoms with van der Waals surface area (Å²) in [6.07, 6.45) is 0.771. The maximum Gasteiger partial charge on any atom is 0.309 e. The molecular formula is C20H22ClNO4. The number of carbonyl (C=O) groups excluding carboxylic acids is 2. The van der Waals surface area contributed by atoms with Crippen LogP contribution in [-0.2, 0) is 20.7 Å². The first-order chi connectivity index (χ1) is 12.5. The van der Waals surface area contributed by atoms with Crippen molar-refractivity contribution in [3.05, 3.63) is 64.7 Å². The van der Waals surface area contributed by atoms with Crippen molar-refractivity contribution in [2.75, 3.05) is 19.8 Å². The van der Waals surface area contributed by atoms with Crippen LogP contribution in [0.5, 0.6) is 5.75 Å². The summed E-state index contributed by atoms with van der Waals surface area (Å²) in [5.74, 6) is -0.0567. The van der Waals surface area contributed by atoms with E-state index in [0.717, 1.165) is 16.9 Å². The normalized spacial score (nSPS) is 10.2. The standard InChI is InChI=1S/C20H22ClNO4/c1-15-4-2-3-5-18(15)25-13-11-20(24)26-14-19(23)22-12-10-16-6-8-17(21)9-7-16/h2-9H,10-14H2,1H3,(H,22,23). The van der Waals surface area contributed by atoms with Crippen molar-refractivity contribution in [3.63, 3.8) is 0 Å². The van der Waals surface area contributed by atoms with Crippen LogP contribution in [0.2, 0.25) is 5.02 Å². The van der Waals surface area contributed by atoms with Gasteiger partial charge in [-0.1, -0.05) is 41.9 Å². The average Bonchev–Trinajstić information content (AvgIpc) is 2.63. The maximum absolute atomic E-state index is 11.7. The van der Waals surface area contributed by atoms with Crippen LogP contribution < -0.4 is 10.1 Å². The topological polar surface area (TPSA) is 64.6 Å². The Morgan fingerprint density at radius 2 is 1.81 bits per heavy atom. The number of halogens is 1. The lowest BCUT2D eigenvalue weighted by atomic mass is 10.1. The highest BCUT2D eigenvalue weighted by atomic mass is 35.5. The third-order valence-electron chi connectivity index (χ3n) is 3.67. The van der Waals surface area contributed by atoms with Crippen molar-refractivity contribution in [3.8, 4) is 5.75 Å². The molecule has 0 radical (unpaired) electrons. The van der Waals surface area contributed by atoms with Gasteiger partial charge in [-0.25, -0.2) is 0 Å². The molecule has 6 heteroatoms. The number of amides is 1. The quantitative estimate of drug-likeness (QED) is 0.683. The summed E-state index contributed by atoms with van der Waals surface area (Å²) in [5, 5.41) is 3.39. The Morgan fingerprint density at radius 3 is 2.54 bits per heavy atom. The van der Waals surface area contributed by atoms with E-state index in [2.05, 4.69) is 5.32 Å². The largest absolute Gasteiger partial charge is 0.493 e. The second-order valence-electron chi connectivity index (χ2n) is 5.75. The number of ether oxygens (including phenoxy) is 2. The molecule has 1 N–H and O–H groups in total. The third-order valence-corrected chi connectivity index (χ3v) is 3.92. The van der Waals surface area contributed by atoms with E-state index < -0.39 is 5.97 Å². The molecule has 0 fully saturated rings. The molecule has 5 nitrogen and oxygen atoms in total. The molecule has 0 heterocycles. The van der Waals surface area contributed by atoms with Crippen LogP contribution >= 0.6 is 11.6 Å². The molecule has 2 aromatic rings. The summed E-state index contributed by atoms with van der Waals surface area (Å²) in [4.78, 5) is 23.3. The van der Waals surface area contributed by atoms with Crippen LogP contribution in [0.1, 0.15) is 17.5 Å². The molecular weight excluding hydrogens is 354 g/mol. The van der Waals surface area contributed by atoms with Crippen LogP contribution in [0.3, 0.4) is 0 Å². The predicted octanol–water partition coefficient (Wildman–Crippen LogP) is 3.32. The third kappa shape index (κ3) is 7.15. The van der Waals surface area contributed by atoms with E-state index in [1.54, 1.807) is 12.1 Å². The number of nitrogens with one attached hydrogen (secondary N) is 1. The van der Waals surface area contributed by atoms with Crippen LogP contribution in [0.25, 0.3) is 0 Å². The first kappa shape index (κ1) is 19.8. The Morgan fingerprint density at radius 1 is 1.08 bits per heavy atom. The molecule has 0 saturated carbocycles. The zero-order valence-electron chi connectivity index (χ0n) is 14.7. The Bertz CT molecular complexity index is 731. The minimum atomic E-state index is -0.466. The first-order valence-corrected chi connectivity index (χ1v) is 8.77. The summed E-state index contributed by atoms with van der Waals surface area (Å²) in [6, 6.07) is 15.0. The lowest BCUT2D eigenvalue weighted by Gasteiger charge is -2.09. The zero-order valence-corrected chi connectivity index (χ0v) is 15.4. The molecule has 2 rings (SSSR count). The van der Waals surface area contributed by atoms with Crippen molar-refractivity contribution in [1.82, 2.24) is 5.32 Å². The number of hydrogen-bond donors (Lipinski definition) is 1. The van der Waals surface area contributed by atoms with E-state index in [4.69, 9.17) is 21.1 Å². The molecule has 1 amide bonds. The second kappa shape index (κ2) is 10.5. The molecule has 0 unspecified atom stereocenters. The molecule has 26 heavy (non-hydrogen) atoms. The number of benzene rings is 2. The van der Waals surface area contributed by atoms with E-state index in [1.807, 2.05) is 43.3 Å². The molecule has 0 atom stereocenters. The van der Waals surface area contributed by atoms with Gasteiger partial charge in [-0.05, 0) is 42.7 Å². The highest BCUT2D eigenvalue weighted by molar-refractivity contribution is 6.30. The number of carbonyl (C=O) groups is 2. The molecule has 0 aliphatic carbocycles. The summed E-state index contributed by atoms with van der Waals surface area (Å²) in [5.41, 5.74) is 2.07. The van der Waals surface area contributed by atoms with E-state index in [9.17, 15) is 9.59 Å². The van der Waals surface area contributed by atoms with Gasteiger partial charge < -0.3 is 14.8 Å². The number of para-hydroxylation sites is 1. The molecule has 0 saturated heterocycles. The minimum Gasteiger partial charge on any atom is -0.493 e. The van der Waals surface area contributed by atoms with Crippen LogP contribution in [0, 0.1) is 6.92 Å². The van der Waals surface area contributed by atoms with Gasteiger partial charge in [0.1, 0.15) is 5.75 Å². The smallest absolute Gasteiger partial charge is 0.309 e. The fourth-order valence-corrected chi connectivity index (χ4v) is 2.36. The monoisotopic (exact) mass is 375 g/mol. The van der Waals surface area contributed by atoms with Crippen molar-refractivity contribution in [2.45, 2.75) is 19.8 Å². The number of aryl methyl sites for hydroxylation is 1. The fraction of sp³-hybridized carbons (Fsp3) is 0.300. The molecule has 0 spiro atoms. The Labute approximate surface area is 158 Å². The number of hydrogen-bond acceptors (Lipinski definition) is 4. The zero-order chi connectivity index (χ0) is 18.8. The maximum atomic E-state index is 11.7. The van der Waals surface area contributed by atoms with Gasteiger partial charge in [-0.2, -0.15) is 0 Å². The van der Waals surface area contributed by atoms with Crippen LogP contribution in [-0.4, -0.2) is 31.6 Å². The second-order valence-corrected chi connectivity index (χ2v) is 6.19. The Balaban J connectivity index is 1.57. The number of rotatable bonds is 9. The van der Waals surface area contributed by atoms with Crippen molar-refractivity contribution >= 4 is 23.5 Å². The van der Waals surface area contributed by atoms with Crippen molar-refractivity contribution < 1.29 is 19.1 Å². The van der Waals surface area contributed by atoms with Gasteiger partial charge >= 0.3 is 5.97 Å². The van der Waals surface area contributed by atoms with E-state index in [1.165, 1.54) is 0 Å². The average molecular weight is 376 g/mol. The van der Waals surface area contributed by atoms with Crippen LogP contribution in [0.4, 0.5) is 0 Å². The highest BCUT2D eigenvalue weighted by Gasteiger charge is 2.08. The summed E-state index contributed by atoms with van der Waals surface area (Å²) in [7, 11) is 0.